The molecule has 0 heterocycles. The van der Waals surface area contributed by atoms with Crippen molar-refractivity contribution in [2.24, 2.45) is 0 Å². The molecule has 0 aliphatic rings. The number of alkyl halides is 3. The summed E-state index contributed by atoms with van der Waals surface area (Å²) in [4.78, 5) is 20.4. The van der Waals surface area contributed by atoms with Crippen molar-refractivity contribution in [3.8, 4) is 0 Å². The Morgan fingerprint density at radius 1 is 1.00 bits per heavy atom. The molecule has 0 saturated carbocycles. The summed E-state index contributed by atoms with van der Waals surface area (Å²) in [6.45, 7) is 0. The Kier molecular flexibility index (Phi) is 3.06. The molecule has 1 aromatic carbocycles. The van der Waals surface area contributed by atoms with Crippen LogP contribution in [0.25, 0.3) is 0 Å². The fourth-order valence-electron chi connectivity index (χ4n) is 1.07. The largest absolute Gasteiger partial charge is 0.417 e. The summed E-state index contributed by atoms with van der Waals surface area (Å²) in [7, 11) is 0. The SMILES string of the molecule is O=C(F)c1ccc(C(=O)F)c(C(F)(F)F)c1. The molecule has 1 aromatic rings. The van der Waals surface area contributed by atoms with E-state index in [2.05, 4.69) is 0 Å². The number of carbonyl (C=O) groups is 2. The number of benzene rings is 1. The third-order valence-corrected chi connectivity index (χ3v) is 1.76. The van der Waals surface area contributed by atoms with Gasteiger partial charge in [-0.05, 0) is 18.2 Å². The fourth-order valence-corrected chi connectivity index (χ4v) is 1.07. The van der Waals surface area contributed by atoms with Crippen LogP contribution in [0.2, 0.25) is 0 Å². The predicted octanol–water partition coefficient (Wildman–Crippen LogP) is 2.92. The molecule has 0 N–H and O–H groups in total. The van der Waals surface area contributed by atoms with Gasteiger partial charge in [0.2, 0.25) is 0 Å². The molecular formula is C9H3F5O2. The third-order valence-electron chi connectivity index (χ3n) is 1.76. The van der Waals surface area contributed by atoms with E-state index in [1.807, 2.05) is 0 Å². The van der Waals surface area contributed by atoms with E-state index in [4.69, 9.17) is 0 Å². The Labute approximate surface area is 85.7 Å². The molecule has 0 atom stereocenters. The quantitative estimate of drug-likeness (QED) is 0.586. The van der Waals surface area contributed by atoms with Crippen molar-refractivity contribution in [2.75, 3.05) is 0 Å². The van der Waals surface area contributed by atoms with Gasteiger partial charge in [0.1, 0.15) is 0 Å². The number of carbonyl (C=O) groups excluding carboxylic acids is 2. The van der Waals surface area contributed by atoms with Gasteiger partial charge in [-0.15, -0.1) is 0 Å². The number of hydrogen-bond acceptors (Lipinski definition) is 2. The summed E-state index contributed by atoms with van der Waals surface area (Å²) in [6.07, 6.45) is -5.04. The summed E-state index contributed by atoms with van der Waals surface area (Å²) >= 11 is 0. The van der Waals surface area contributed by atoms with E-state index < -0.39 is 34.9 Å². The van der Waals surface area contributed by atoms with Gasteiger partial charge in [0, 0.05) is 0 Å². The Balaban J connectivity index is 3.45. The highest BCUT2D eigenvalue weighted by molar-refractivity contribution is 5.94. The van der Waals surface area contributed by atoms with E-state index in [-0.39, 0.29) is 6.07 Å². The normalized spacial score (nSPS) is 11.3. The molecule has 0 unspecified atom stereocenters. The first-order valence-corrected chi connectivity index (χ1v) is 3.84. The van der Waals surface area contributed by atoms with Crippen LogP contribution in [0.15, 0.2) is 18.2 Å². The number of rotatable bonds is 2. The Hall–Kier alpha value is -1.79. The molecule has 86 valence electrons. The molecule has 1 rings (SSSR count). The van der Waals surface area contributed by atoms with Gasteiger partial charge in [-0.1, -0.05) is 0 Å². The summed E-state index contributed by atoms with van der Waals surface area (Å²) in [5.74, 6) is 0. The lowest BCUT2D eigenvalue weighted by atomic mass is 10.0. The molecule has 0 fully saturated rings. The van der Waals surface area contributed by atoms with E-state index in [0.717, 1.165) is 0 Å². The van der Waals surface area contributed by atoms with Gasteiger partial charge in [0.05, 0.1) is 16.7 Å². The minimum atomic E-state index is -5.04. The van der Waals surface area contributed by atoms with Crippen molar-refractivity contribution in [3.63, 3.8) is 0 Å². The first-order chi connectivity index (χ1) is 7.23. The highest BCUT2D eigenvalue weighted by Crippen LogP contribution is 2.33. The first kappa shape index (κ1) is 12.3. The van der Waals surface area contributed by atoms with Crippen molar-refractivity contribution in [2.45, 2.75) is 6.18 Å². The van der Waals surface area contributed by atoms with Crippen LogP contribution in [0.3, 0.4) is 0 Å². The van der Waals surface area contributed by atoms with Crippen molar-refractivity contribution in [3.05, 3.63) is 34.9 Å². The lowest BCUT2D eigenvalue weighted by Gasteiger charge is -2.10. The van der Waals surface area contributed by atoms with Crippen LogP contribution in [0.5, 0.6) is 0 Å². The number of halogens is 5. The molecule has 0 amide bonds. The summed E-state index contributed by atoms with van der Waals surface area (Å²) < 4.78 is 61.3. The minimum Gasteiger partial charge on any atom is -0.255 e. The van der Waals surface area contributed by atoms with Gasteiger partial charge < -0.3 is 0 Å². The topological polar surface area (TPSA) is 34.1 Å². The highest BCUT2D eigenvalue weighted by Gasteiger charge is 2.36. The Morgan fingerprint density at radius 2 is 1.56 bits per heavy atom. The maximum Gasteiger partial charge on any atom is 0.417 e. The van der Waals surface area contributed by atoms with E-state index in [9.17, 15) is 31.5 Å². The summed E-state index contributed by atoms with van der Waals surface area (Å²) in [5, 5.41) is 0. The molecule has 0 spiro atoms. The average molecular weight is 238 g/mol. The zero-order chi connectivity index (χ0) is 12.5. The molecule has 0 aliphatic heterocycles. The predicted molar refractivity (Wildman–Crippen MR) is 42.3 cm³/mol. The molecular weight excluding hydrogens is 235 g/mol. The highest BCUT2D eigenvalue weighted by atomic mass is 19.4. The van der Waals surface area contributed by atoms with Crippen LogP contribution in [-0.4, -0.2) is 12.1 Å². The van der Waals surface area contributed by atoms with Crippen molar-refractivity contribution >= 4 is 12.1 Å². The summed E-state index contributed by atoms with van der Waals surface area (Å²) in [5.41, 5.74) is -3.82. The molecule has 0 saturated heterocycles. The maximum absolute atomic E-state index is 12.3. The van der Waals surface area contributed by atoms with E-state index >= 15 is 0 Å². The summed E-state index contributed by atoms with van der Waals surface area (Å²) in [6, 6.07) is -3.29. The molecule has 2 nitrogen and oxygen atoms in total. The van der Waals surface area contributed by atoms with Crippen LogP contribution in [0.1, 0.15) is 26.3 Å². The average Bonchev–Trinajstić information content (AvgIpc) is 2.15. The van der Waals surface area contributed by atoms with E-state index in [1.165, 1.54) is 0 Å². The van der Waals surface area contributed by atoms with E-state index in [1.54, 1.807) is 0 Å². The Bertz CT molecular complexity index is 450. The van der Waals surface area contributed by atoms with E-state index in [0.29, 0.717) is 12.1 Å². The van der Waals surface area contributed by atoms with Gasteiger partial charge in [-0.3, -0.25) is 9.59 Å². The molecule has 0 radical (unpaired) electrons. The molecule has 7 heteroatoms. The van der Waals surface area contributed by atoms with Crippen LogP contribution in [0, 0.1) is 0 Å². The lowest BCUT2D eigenvalue weighted by Crippen LogP contribution is -2.12. The lowest BCUT2D eigenvalue weighted by molar-refractivity contribution is -0.138. The van der Waals surface area contributed by atoms with Crippen LogP contribution >= 0.6 is 0 Å². The fraction of sp³-hybridized carbons (Fsp3) is 0.111. The smallest absolute Gasteiger partial charge is 0.255 e. The zero-order valence-electron chi connectivity index (χ0n) is 7.44. The van der Waals surface area contributed by atoms with Gasteiger partial charge in [0.25, 0.3) is 0 Å². The van der Waals surface area contributed by atoms with Crippen LogP contribution < -0.4 is 0 Å². The minimum absolute atomic E-state index is 0.0924. The second-order valence-electron chi connectivity index (χ2n) is 2.81. The number of hydrogen-bond donors (Lipinski definition) is 0. The second-order valence-corrected chi connectivity index (χ2v) is 2.81. The van der Waals surface area contributed by atoms with Crippen LogP contribution in [-0.2, 0) is 6.18 Å². The van der Waals surface area contributed by atoms with Crippen molar-refractivity contribution < 1.29 is 31.5 Å². The molecule has 0 bridgehead atoms. The first-order valence-electron chi connectivity index (χ1n) is 3.84. The monoisotopic (exact) mass is 238 g/mol. The van der Waals surface area contributed by atoms with Crippen molar-refractivity contribution in [1.82, 2.24) is 0 Å². The van der Waals surface area contributed by atoms with Gasteiger partial charge in [-0.25, -0.2) is 0 Å². The van der Waals surface area contributed by atoms with Crippen LogP contribution in [0.4, 0.5) is 22.0 Å². The standard InChI is InChI=1S/C9H3F5O2/c10-7(15)4-1-2-5(8(11)16)6(3-4)9(12,13)14/h1-3H. The van der Waals surface area contributed by atoms with Crippen molar-refractivity contribution in [1.29, 1.82) is 0 Å². The molecule has 0 aromatic heterocycles. The van der Waals surface area contributed by atoms with Gasteiger partial charge in [0.15, 0.2) is 0 Å². The maximum atomic E-state index is 12.3. The molecule has 16 heavy (non-hydrogen) atoms. The van der Waals surface area contributed by atoms with Gasteiger partial charge >= 0.3 is 18.3 Å². The zero-order valence-corrected chi connectivity index (χ0v) is 7.44. The third kappa shape index (κ3) is 2.41. The van der Waals surface area contributed by atoms with Gasteiger partial charge in [-0.2, -0.15) is 22.0 Å². The molecule has 0 aliphatic carbocycles. The Morgan fingerprint density at radius 3 is 1.94 bits per heavy atom. The second kappa shape index (κ2) is 3.99.